The van der Waals surface area contributed by atoms with Crippen LogP contribution >= 0.6 is 0 Å². The van der Waals surface area contributed by atoms with Crippen LogP contribution in [0.4, 0.5) is 0 Å². The maximum absolute atomic E-state index is 11.7. The topological polar surface area (TPSA) is 89.0 Å². The van der Waals surface area contributed by atoms with Crippen molar-refractivity contribution in [3.8, 4) is 11.5 Å². The molecule has 0 bridgehead atoms. The molecule has 23 heavy (non-hydrogen) atoms. The van der Waals surface area contributed by atoms with Gasteiger partial charge in [-0.3, -0.25) is 9.59 Å². The smallest absolute Gasteiger partial charge is 0.329 e. The van der Waals surface area contributed by atoms with Crippen LogP contribution in [0.3, 0.4) is 0 Å². The molecule has 1 aliphatic rings. The van der Waals surface area contributed by atoms with Gasteiger partial charge in [0.25, 0.3) is 0 Å². The van der Waals surface area contributed by atoms with Crippen molar-refractivity contribution in [3.63, 3.8) is 0 Å². The molecule has 0 heterocycles. The molecule has 124 valence electrons. The molecule has 1 aromatic rings. The van der Waals surface area contributed by atoms with E-state index in [2.05, 4.69) is 15.8 Å². The fourth-order valence-electron chi connectivity index (χ4n) is 2.47. The molecule has 0 unspecified atom stereocenters. The number of amides is 2. The third-order valence-corrected chi connectivity index (χ3v) is 3.70. The van der Waals surface area contributed by atoms with E-state index in [-0.39, 0.29) is 6.04 Å². The van der Waals surface area contributed by atoms with Crippen molar-refractivity contribution >= 4 is 18.0 Å². The molecular weight excluding hydrogens is 298 g/mol. The lowest BCUT2D eigenvalue weighted by molar-refractivity contribution is -0.139. The van der Waals surface area contributed by atoms with E-state index in [4.69, 9.17) is 9.47 Å². The second-order valence-corrected chi connectivity index (χ2v) is 5.26. The van der Waals surface area contributed by atoms with Gasteiger partial charge in [-0.25, -0.2) is 5.43 Å². The van der Waals surface area contributed by atoms with Crippen molar-refractivity contribution < 1.29 is 19.1 Å². The minimum Gasteiger partial charge on any atom is -0.497 e. The molecule has 0 radical (unpaired) electrons. The number of rotatable bonds is 5. The van der Waals surface area contributed by atoms with E-state index in [9.17, 15) is 9.59 Å². The van der Waals surface area contributed by atoms with Crippen molar-refractivity contribution in [2.45, 2.75) is 31.7 Å². The Morgan fingerprint density at radius 1 is 1.17 bits per heavy atom. The van der Waals surface area contributed by atoms with E-state index in [0.717, 1.165) is 25.7 Å². The van der Waals surface area contributed by atoms with Crippen LogP contribution in [0.25, 0.3) is 0 Å². The first kappa shape index (κ1) is 16.8. The highest BCUT2D eigenvalue weighted by atomic mass is 16.5. The number of ether oxygens (including phenoxy) is 2. The summed E-state index contributed by atoms with van der Waals surface area (Å²) < 4.78 is 10.3. The fraction of sp³-hybridized carbons (Fsp3) is 0.438. The number of benzene rings is 1. The maximum atomic E-state index is 11.7. The van der Waals surface area contributed by atoms with Crippen molar-refractivity contribution in [2.24, 2.45) is 5.10 Å². The minimum atomic E-state index is -0.782. The highest BCUT2D eigenvalue weighted by Gasteiger charge is 2.21. The summed E-state index contributed by atoms with van der Waals surface area (Å²) in [5.74, 6) is -0.224. The Morgan fingerprint density at radius 2 is 1.91 bits per heavy atom. The third kappa shape index (κ3) is 4.70. The van der Waals surface area contributed by atoms with Gasteiger partial charge in [0.15, 0.2) is 0 Å². The van der Waals surface area contributed by atoms with E-state index >= 15 is 0 Å². The summed E-state index contributed by atoms with van der Waals surface area (Å²) in [6.07, 6.45) is 5.41. The molecule has 2 rings (SSSR count). The number of nitrogens with zero attached hydrogens (tertiary/aromatic N) is 1. The van der Waals surface area contributed by atoms with Crippen LogP contribution < -0.4 is 20.2 Å². The SMILES string of the molecule is COc1ccc(OC)c(/C=N\NC(=O)C(=O)NC2CCCC2)c1. The van der Waals surface area contributed by atoms with E-state index in [1.807, 2.05) is 0 Å². The number of methoxy groups -OCH3 is 2. The Bertz CT molecular complexity index is 595. The van der Waals surface area contributed by atoms with Gasteiger partial charge < -0.3 is 14.8 Å². The Morgan fingerprint density at radius 3 is 2.57 bits per heavy atom. The summed E-state index contributed by atoms with van der Waals surface area (Å²) in [5, 5.41) is 6.50. The van der Waals surface area contributed by atoms with Gasteiger partial charge in [0.2, 0.25) is 0 Å². The van der Waals surface area contributed by atoms with Crippen LogP contribution in [0.1, 0.15) is 31.2 Å². The highest BCUT2D eigenvalue weighted by molar-refractivity contribution is 6.35. The summed E-state index contributed by atoms with van der Waals surface area (Å²) in [6, 6.07) is 5.29. The molecule has 1 aliphatic carbocycles. The number of nitrogens with one attached hydrogen (secondary N) is 2. The summed E-state index contributed by atoms with van der Waals surface area (Å²) in [5.41, 5.74) is 2.84. The predicted octanol–water partition coefficient (Wildman–Crippen LogP) is 1.21. The normalized spacial score (nSPS) is 14.7. The lowest BCUT2D eigenvalue weighted by Crippen LogP contribution is -2.42. The number of hydrogen-bond acceptors (Lipinski definition) is 5. The zero-order valence-electron chi connectivity index (χ0n) is 13.3. The summed E-state index contributed by atoms with van der Waals surface area (Å²) in [7, 11) is 3.09. The predicted molar refractivity (Wildman–Crippen MR) is 85.7 cm³/mol. The van der Waals surface area contributed by atoms with Crippen molar-refractivity contribution in [1.82, 2.24) is 10.7 Å². The van der Waals surface area contributed by atoms with Crippen LogP contribution in [0.5, 0.6) is 11.5 Å². The van der Waals surface area contributed by atoms with Gasteiger partial charge in [-0.1, -0.05) is 12.8 Å². The average molecular weight is 319 g/mol. The van der Waals surface area contributed by atoms with Crippen molar-refractivity contribution in [1.29, 1.82) is 0 Å². The zero-order valence-corrected chi connectivity index (χ0v) is 13.3. The molecule has 0 spiro atoms. The van der Waals surface area contributed by atoms with E-state index < -0.39 is 11.8 Å². The largest absolute Gasteiger partial charge is 0.497 e. The molecule has 0 aromatic heterocycles. The summed E-state index contributed by atoms with van der Waals surface area (Å²) in [4.78, 5) is 23.4. The first-order valence-corrected chi connectivity index (χ1v) is 7.50. The number of carbonyl (C=O) groups is 2. The van der Waals surface area contributed by atoms with Crippen molar-refractivity contribution in [2.75, 3.05) is 14.2 Å². The first-order chi connectivity index (χ1) is 11.1. The second-order valence-electron chi connectivity index (χ2n) is 5.26. The van der Waals surface area contributed by atoms with Gasteiger partial charge in [0.05, 0.1) is 20.4 Å². The molecule has 0 aliphatic heterocycles. The monoisotopic (exact) mass is 319 g/mol. The molecule has 0 atom stereocenters. The first-order valence-electron chi connectivity index (χ1n) is 7.50. The Balaban J connectivity index is 1.92. The highest BCUT2D eigenvalue weighted by Crippen LogP contribution is 2.22. The minimum absolute atomic E-state index is 0.0932. The molecule has 2 amide bonds. The molecule has 7 heteroatoms. The average Bonchev–Trinajstić information content (AvgIpc) is 3.07. The lowest BCUT2D eigenvalue weighted by Gasteiger charge is -2.10. The van der Waals surface area contributed by atoms with Crippen LogP contribution in [0.15, 0.2) is 23.3 Å². The molecular formula is C16H21N3O4. The van der Waals surface area contributed by atoms with Crippen LogP contribution in [0.2, 0.25) is 0 Å². The van der Waals surface area contributed by atoms with Crippen LogP contribution in [-0.4, -0.2) is 38.3 Å². The quantitative estimate of drug-likeness (QED) is 0.485. The fourth-order valence-corrected chi connectivity index (χ4v) is 2.47. The van der Waals surface area contributed by atoms with Gasteiger partial charge >= 0.3 is 11.8 Å². The molecule has 7 nitrogen and oxygen atoms in total. The Hall–Kier alpha value is -2.57. The second kappa shape index (κ2) is 8.17. The van der Waals surface area contributed by atoms with Crippen molar-refractivity contribution in [3.05, 3.63) is 23.8 Å². The standard InChI is InChI=1S/C16H21N3O4/c1-22-13-7-8-14(23-2)11(9-13)10-17-19-16(21)15(20)18-12-5-3-4-6-12/h7-10,12H,3-6H2,1-2H3,(H,18,20)(H,19,21)/b17-10-. The van der Waals surface area contributed by atoms with Gasteiger partial charge in [-0.15, -0.1) is 0 Å². The molecule has 1 aromatic carbocycles. The zero-order chi connectivity index (χ0) is 16.7. The number of hydrazone groups is 1. The van der Waals surface area contributed by atoms with Gasteiger partial charge in [0.1, 0.15) is 11.5 Å². The lowest BCUT2D eigenvalue weighted by atomic mass is 10.2. The Kier molecular flexibility index (Phi) is 5.96. The van der Waals surface area contributed by atoms with E-state index in [1.54, 1.807) is 25.3 Å². The molecule has 2 N–H and O–H groups in total. The van der Waals surface area contributed by atoms with Crippen LogP contribution in [-0.2, 0) is 9.59 Å². The van der Waals surface area contributed by atoms with Crippen LogP contribution in [0, 0.1) is 0 Å². The summed E-state index contributed by atoms with van der Waals surface area (Å²) in [6.45, 7) is 0. The number of hydrogen-bond donors (Lipinski definition) is 2. The molecule has 1 fully saturated rings. The van der Waals surface area contributed by atoms with E-state index in [1.165, 1.54) is 13.3 Å². The summed E-state index contributed by atoms with van der Waals surface area (Å²) >= 11 is 0. The number of carbonyl (C=O) groups excluding carboxylic acids is 2. The molecule has 0 saturated heterocycles. The van der Waals surface area contributed by atoms with Gasteiger partial charge in [-0.2, -0.15) is 5.10 Å². The maximum Gasteiger partial charge on any atom is 0.329 e. The van der Waals surface area contributed by atoms with E-state index in [0.29, 0.717) is 17.1 Å². The Labute approximate surface area is 135 Å². The third-order valence-electron chi connectivity index (χ3n) is 3.70. The van der Waals surface area contributed by atoms with Gasteiger partial charge in [0, 0.05) is 11.6 Å². The molecule has 1 saturated carbocycles. The van der Waals surface area contributed by atoms with Gasteiger partial charge in [-0.05, 0) is 31.0 Å².